The minimum Gasteiger partial charge on any atom is -0.398 e. The van der Waals surface area contributed by atoms with E-state index in [1.165, 1.54) is 25.7 Å². The van der Waals surface area contributed by atoms with Crippen molar-refractivity contribution >= 4 is 5.69 Å². The van der Waals surface area contributed by atoms with E-state index < -0.39 is 0 Å². The number of nitrogen functional groups attached to an aromatic ring is 1. The molecule has 1 aromatic rings. The Kier molecular flexibility index (Phi) is 3.88. The topological polar surface area (TPSA) is 77.0 Å². The van der Waals surface area contributed by atoms with Crippen molar-refractivity contribution < 1.29 is 0 Å². The molecule has 0 bridgehead atoms. The van der Waals surface area contributed by atoms with E-state index in [4.69, 9.17) is 11.6 Å². The Morgan fingerprint density at radius 3 is 2.61 bits per heavy atom. The normalized spacial score (nSPS) is 21.7. The van der Waals surface area contributed by atoms with Gasteiger partial charge in [-0.05, 0) is 43.1 Å². The fourth-order valence-electron chi connectivity index (χ4n) is 2.91. The highest BCUT2D eigenvalue weighted by Crippen LogP contribution is 2.43. The minimum atomic E-state index is 0.120. The fourth-order valence-corrected chi connectivity index (χ4v) is 2.91. The van der Waals surface area contributed by atoms with E-state index in [9.17, 15) is 0 Å². The molecule has 0 radical (unpaired) electrons. The van der Waals surface area contributed by atoms with Crippen molar-refractivity contribution in [1.29, 1.82) is 0 Å². The Hall–Kier alpha value is -1.13. The average molecular weight is 248 g/mol. The van der Waals surface area contributed by atoms with Gasteiger partial charge in [0.1, 0.15) is 0 Å². The largest absolute Gasteiger partial charge is 0.398 e. The van der Waals surface area contributed by atoms with Crippen molar-refractivity contribution in [3.05, 3.63) is 24.0 Å². The van der Waals surface area contributed by atoms with Gasteiger partial charge in [-0.15, -0.1) is 0 Å². The summed E-state index contributed by atoms with van der Waals surface area (Å²) in [6, 6.07) is 1.96. The van der Waals surface area contributed by atoms with Gasteiger partial charge in [-0.1, -0.05) is 13.8 Å². The van der Waals surface area contributed by atoms with E-state index >= 15 is 0 Å². The van der Waals surface area contributed by atoms with Crippen molar-refractivity contribution in [2.24, 2.45) is 17.2 Å². The number of nitrogens with one attached hydrogen (secondary N) is 1. The van der Waals surface area contributed by atoms with Crippen molar-refractivity contribution in [2.45, 2.75) is 45.6 Å². The molecule has 0 amide bonds. The van der Waals surface area contributed by atoms with Gasteiger partial charge in [0.15, 0.2) is 0 Å². The number of hydrogen-bond donors (Lipinski definition) is 3. The summed E-state index contributed by atoms with van der Waals surface area (Å²) < 4.78 is 0. The van der Waals surface area contributed by atoms with Crippen LogP contribution >= 0.6 is 0 Å². The first kappa shape index (κ1) is 13.3. The van der Waals surface area contributed by atoms with E-state index in [1.54, 1.807) is 6.20 Å². The zero-order chi connectivity index (χ0) is 13.2. The molecule has 0 spiro atoms. The Bertz CT molecular complexity index is 393. The summed E-state index contributed by atoms with van der Waals surface area (Å²) in [5.74, 6) is 6.29. The Labute approximate surface area is 109 Å². The van der Waals surface area contributed by atoms with Gasteiger partial charge in [-0.2, -0.15) is 0 Å². The predicted octanol–water partition coefficient (Wildman–Crippen LogP) is 2.38. The van der Waals surface area contributed by atoms with Crippen LogP contribution in [0, 0.1) is 11.3 Å². The summed E-state index contributed by atoms with van der Waals surface area (Å²) in [5, 5.41) is 0. The van der Waals surface area contributed by atoms with E-state index in [2.05, 4.69) is 24.3 Å². The third-order valence-electron chi connectivity index (χ3n) is 4.26. The second-order valence-corrected chi connectivity index (χ2v) is 6.15. The van der Waals surface area contributed by atoms with Crippen LogP contribution in [0.3, 0.4) is 0 Å². The monoisotopic (exact) mass is 248 g/mol. The third-order valence-corrected chi connectivity index (χ3v) is 4.26. The van der Waals surface area contributed by atoms with Crippen LogP contribution in [0.5, 0.6) is 0 Å². The molecule has 1 heterocycles. The van der Waals surface area contributed by atoms with E-state index in [1.807, 2.05) is 12.3 Å². The number of nitrogens with zero attached hydrogens (tertiary/aromatic N) is 1. The average Bonchev–Trinajstić information content (AvgIpc) is 2.34. The minimum absolute atomic E-state index is 0.120. The van der Waals surface area contributed by atoms with E-state index in [-0.39, 0.29) is 6.04 Å². The molecular weight excluding hydrogens is 224 g/mol. The number of anilines is 1. The highest BCUT2D eigenvalue weighted by atomic mass is 15.2. The molecule has 1 fully saturated rings. The maximum absolute atomic E-state index is 6.02. The molecule has 0 saturated heterocycles. The first-order valence-electron chi connectivity index (χ1n) is 6.69. The lowest BCUT2D eigenvalue weighted by molar-refractivity contribution is 0.161. The molecular formula is C14H24N4. The SMILES string of the molecule is CC1(C)CCC(C(NN)c2cnccc2N)CC1. The van der Waals surface area contributed by atoms with Crippen LogP contribution in [0.1, 0.15) is 51.1 Å². The lowest BCUT2D eigenvalue weighted by Gasteiger charge is -2.38. The van der Waals surface area contributed by atoms with E-state index in [0.717, 1.165) is 11.3 Å². The lowest BCUT2D eigenvalue weighted by Crippen LogP contribution is -2.37. The number of aromatic nitrogens is 1. The smallest absolute Gasteiger partial charge is 0.0523 e. The zero-order valence-electron chi connectivity index (χ0n) is 11.3. The Balaban J connectivity index is 2.13. The molecule has 1 aliphatic carbocycles. The van der Waals surface area contributed by atoms with Gasteiger partial charge >= 0.3 is 0 Å². The number of hydrazine groups is 1. The second kappa shape index (κ2) is 5.24. The highest BCUT2D eigenvalue weighted by Gasteiger charge is 2.32. The van der Waals surface area contributed by atoms with Gasteiger partial charge in [-0.25, -0.2) is 0 Å². The summed E-state index contributed by atoms with van der Waals surface area (Å²) in [7, 11) is 0. The maximum Gasteiger partial charge on any atom is 0.0523 e. The molecule has 1 unspecified atom stereocenters. The molecule has 2 rings (SSSR count). The third kappa shape index (κ3) is 2.82. The Morgan fingerprint density at radius 1 is 1.39 bits per heavy atom. The fraction of sp³-hybridized carbons (Fsp3) is 0.643. The molecule has 0 aromatic carbocycles. The second-order valence-electron chi connectivity index (χ2n) is 6.15. The van der Waals surface area contributed by atoms with Gasteiger partial charge in [-0.3, -0.25) is 16.3 Å². The molecule has 1 aliphatic rings. The molecule has 4 nitrogen and oxygen atoms in total. The predicted molar refractivity (Wildman–Crippen MR) is 74.5 cm³/mol. The van der Waals surface area contributed by atoms with Crippen LogP contribution in [-0.4, -0.2) is 4.98 Å². The van der Waals surface area contributed by atoms with Crippen LogP contribution in [0.2, 0.25) is 0 Å². The van der Waals surface area contributed by atoms with Crippen molar-refractivity contribution in [1.82, 2.24) is 10.4 Å². The van der Waals surface area contributed by atoms with Crippen molar-refractivity contribution in [3.8, 4) is 0 Å². The summed E-state index contributed by atoms with van der Waals surface area (Å²) in [5.41, 5.74) is 11.2. The van der Waals surface area contributed by atoms with Gasteiger partial charge in [0.05, 0.1) is 6.04 Å². The first-order valence-corrected chi connectivity index (χ1v) is 6.69. The highest BCUT2D eigenvalue weighted by molar-refractivity contribution is 5.46. The van der Waals surface area contributed by atoms with Crippen LogP contribution in [-0.2, 0) is 0 Å². The number of pyridine rings is 1. The molecule has 0 aliphatic heterocycles. The van der Waals surface area contributed by atoms with Crippen LogP contribution in [0.15, 0.2) is 18.5 Å². The van der Waals surface area contributed by atoms with E-state index in [0.29, 0.717) is 11.3 Å². The molecule has 18 heavy (non-hydrogen) atoms. The summed E-state index contributed by atoms with van der Waals surface area (Å²) in [6.07, 6.45) is 8.43. The van der Waals surface area contributed by atoms with Crippen LogP contribution in [0.25, 0.3) is 0 Å². The van der Waals surface area contributed by atoms with Gasteiger partial charge < -0.3 is 5.73 Å². The standard InChI is InChI=1S/C14H24N4/c1-14(2)6-3-10(4-7-14)13(18-16)11-9-17-8-5-12(11)15/h5,8-10,13,18H,3-4,6-7,16H2,1-2H3,(H2,15,17). The number of hydrogen-bond acceptors (Lipinski definition) is 4. The van der Waals surface area contributed by atoms with Crippen LogP contribution < -0.4 is 17.0 Å². The van der Waals surface area contributed by atoms with Gasteiger partial charge in [0.25, 0.3) is 0 Å². The summed E-state index contributed by atoms with van der Waals surface area (Å²) in [4.78, 5) is 4.16. The quantitative estimate of drug-likeness (QED) is 0.567. The van der Waals surface area contributed by atoms with Crippen molar-refractivity contribution in [3.63, 3.8) is 0 Å². The van der Waals surface area contributed by atoms with Crippen LogP contribution in [0.4, 0.5) is 5.69 Å². The molecule has 1 aromatic heterocycles. The summed E-state index contributed by atoms with van der Waals surface area (Å²) >= 11 is 0. The molecule has 5 N–H and O–H groups in total. The number of rotatable bonds is 3. The van der Waals surface area contributed by atoms with Gasteiger partial charge in [0, 0.05) is 23.6 Å². The van der Waals surface area contributed by atoms with Gasteiger partial charge in [0.2, 0.25) is 0 Å². The lowest BCUT2D eigenvalue weighted by atomic mass is 9.70. The molecule has 1 atom stereocenters. The molecule has 1 saturated carbocycles. The molecule has 4 heteroatoms. The maximum atomic E-state index is 6.02. The Morgan fingerprint density at radius 2 is 2.06 bits per heavy atom. The summed E-state index contributed by atoms with van der Waals surface area (Å²) in [6.45, 7) is 4.68. The number of nitrogens with two attached hydrogens (primary N) is 2. The molecule has 100 valence electrons. The zero-order valence-corrected chi connectivity index (χ0v) is 11.3. The first-order chi connectivity index (χ1) is 8.53. The van der Waals surface area contributed by atoms with Crippen molar-refractivity contribution in [2.75, 3.05) is 5.73 Å².